The fourth-order valence-electron chi connectivity index (χ4n) is 4.32. The highest BCUT2D eigenvalue weighted by atomic mass is 16.6. The van der Waals surface area contributed by atoms with Crippen molar-refractivity contribution in [3.8, 4) is 0 Å². The summed E-state index contributed by atoms with van der Waals surface area (Å²) < 4.78 is 5.75. The van der Waals surface area contributed by atoms with Crippen molar-refractivity contribution in [3.05, 3.63) is 48.6 Å². The van der Waals surface area contributed by atoms with Gasteiger partial charge in [-0.25, -0.2) is 4.79 Å². The Morgan fingerprint density at radius 3 is 2.48 bits per heavy atom. The monoisotopic (exact) mass is 370 g/mol. The van der Waals surface area contributed by atoms with Crippen LogP contribution in [0.4, 0.5) is 4.79 Å². The number of likely N-dealkylation sites (tertiary alicyclic amines) is 2. The number of benzene rings is 1. The van der Waals surface area contributed by atoms with Gasteiger partial charge in [-0.3, -0.25) is 9.69 Å². The molecule has 0 saturated carbocycles. The summed E-state index contributed by atoms with van der Waals surface area (Å²) in [5.41, 5.74) is 0.528. The topological polar surface area (TPSA) is 49.9 Å². The van der Waals surface area contributed by atoms with Crippen LogP contribution in [0.15, 0.2) is 43.0 Å². The third-order valence-electron chi connectivity index (χ3n) is 5.40. The van der Waals surface area contributed by atoms with E-state index in [-0.39, 0.29) is 30.1 Å². The molecule has 2 aliphatic rings. The molecule has 2 fully saturated rings. The number of amides is 2. The van der Waals surface area contributed by atoms with Gasteiger partial charge in [0.25, 0.3) is 0 Å². The Hall–Kier alpha value is -2.30. The average molecular weight is 370 g/mol. The van der Waals surface area contributed by atoms with E-state index in [0.717, 1.165) is 37.8 Å². The van der Waals surface area contributed by atoms with E-state index in [9.17, 15) is 9.59 Å². The van der Waals surface area contributed by atoms with Crippen LogP contribution in [0.2, 0.25) is 0 Å². The smallest absolute Gasteiger partial charge is 0.411 e. The van der Waals surface area contributed by atoms with E-state index < -0.39 is 5.60 Å². The highest BCUT2D eigenvalue weighted by Crippen LogP contribution is 2.42. The predicted octanol–water partition coefficient (Wildman–Crippen LogP) is 4.30. The Bertz CT molecular complexity index is 695. The van der Waals surface area contributed by atoms with E-state index in [2.05, 4.69) is 6.58 Å². The Morgan fingerprint density at radius 2 is 1.85 bits per heavy atom. The summed E-state index contributed by atoms with van der Waals surface area (Å²) in [7, 11) is 0. The molecule has 27 heavy (non-hydrogen) atoms. The van der Waals surface area contributed by atoms with Crippen molar-refractivity contribution >= 4 is 12.0 Å². The molecule has 1 aromatic rings. The van der Waals surface area contributed by atoms with Gasteiger partial charge < -0.3 is 9.64 Å². The van der Waals surface area contributed by atoms with E-state index in [4.69, 9.17) is 4.74 Å². The molecule has 2 amide bonds. The third kappa shape index (κ3) is 4.18. The number of nitrogens with zero attached hydrogens (tertiary/aromatic N) is 2. The van der Waals surface area contributed by atoms with Gasteiger partial charge in [0.1, 0.15) is 5.60 Å². The van der Waals surface area contributed by atoms with E-state index in [1.165, 1.54) is 6.08 Å². The summed E-state index contributed by atoms with van der Waals surface area (Å²) >= 11 is 0. The number of ether oxygens (including phenoxy) is 1. The largest absolute Gasteiger partial charge is 0.444 e. The van der Waals surface area contributed by atoms with Crippen LogP contribution in [0.3, 0.4) is 0 Å². The molecule has 5 heteroatoms. The number of carbonyl (C=O) groups excluding carboxylic acids is 2. The molecule has 2 saturated heterocycles. The first-order valence-electron chi connectivity index (χ1n) is 9.81. The summed E-state index contributed by atoms with van der Waals surface area (Å²) in [6.07, 6.45) is 4.64. The van der Waals surface area contributed by atoms with Gasteiger partial charge in [0, 0.05) is 6.54 Å². The van der Waals surface area contributed by atoms with Crippen LogP contribution in [0.1, 0.15) is 58.1 Å². The lowest BCUT2D eigenvalue weighted by Gasteiger charge is -2.34. The van der Waals surface area contributed by atoms with Gasteiger partial charge in [-0.15, -0.1) is 0 Å². The molecule has 0 unspecified atom stereocenters. The van der Waals surface area contributed by atoms with E-state index >= 15 is 0 Å². The van der Waals surface area contributed by atoms with Crippen molar-refractivity contribution in [2.24, 2.45) is 0 Å². The van der Waals surface area contributed by atoms with Crippen LogP contribution < -0.4 is 0 Å². The second kappa shape index (κ2) is 7.75. The van der Waals surface area contributed by atoms with Gasteiger partial charge in [-0.1, -0.05) is 36.9 Å². The minimum atomic E-state index is -0.558. The van der Waals surface area contributed by atoms with Gasteiger partial charge >= 0.3 is 6.09 Å². The van der Waals surface area contributed by atoms with Crippen LogP contribution in [0.25, 0.3) is 0 Å². The number of hydrogen-bond acceptors (Lipinski definition) is 3. The summed E-state index contributed by atoms with van der Waals surface area (Å²) in [6.45, 7) is 10.0. The molecule has 2 heterocycles. The molecular weight excluding hydrogens is 340 g/mol. The SMILES string of the molecule is C=CC(=O)N1CCCC[C@H]2[C@H]1C[C@H](c1ccccc1)N2C(=O)OC(C)(C)C. The summed E-state index contributed by atoms with van der Waals surface area (Å²) in [6, 6.07) is 9.93. The molecule has 5 nitrogen and oxygen atoms in total. The highest BCUT2D eigenvalue weighted by Gasteiger charge is 2.49. The average Bonchev–Trinajstić information content (AvgIpc) is 2.88. The number of rotatable bonds is 2. The Kier molecular flexibility index (Phi) is 5.59. The molecule has 0 radical (unpaired) electrons. The maximum Gasteiger partial charge on any atom is 0.411 e. The summed E-state index contributed by atoms with van der Waals surface area (Å²) in [5, 5.41) is 0. The molecule has 0 bridgehead atoms. The zero-order chi connectivity index (χ0) is 19.6. The lowest BCUT2D eigenvalue weighted by atomic mass is 10.0. The second-order valence-electron chi connectivity index (χ2n) is 8.42. The van der Waals surface area contributed by atoms with Crippen molar-refractivity contribution in [3.63, 3.8) is 0 Å². The molecule has 3 atom stereocenters. The van der Waals surface area contributed by atoms with Gasteiger partial charge in [-0.2, -0.15) is 0 Å². The fraction of sp³-hybridized carbons (Fsp3) is 0.545. The Balaban J connectivity index is 1.98. The number of fused-ring (bicyclic) bond motifs is 1. The molecular formula is C22H30N2O3. The molecule has 2 aliphatic heterocycles. The Morgan fingerprint density at radius 1 is 1.15 bits per heavy atom. The van der Waals surface area contributed by atoms with E-state index in [1.54, 1.807) is 0 Å². The minimum Gasteiger partial charge on any atom is -0.444 e. The standard InChI is InChI=1S/C22H30N2O3/c1-5-20(25)23-14-10-9-13-17-19(23)15-18(16-11-7-6-8-12-16)24(17)21(26)27-22(2,3)4/h5-8,11-12,17-19H,1,9-10,13-15H2,2-4H3/t17-,18+,19+/m0/s1. The molecule has 3 rings (SSSR count). The van der Waals surface area contributed by atoms with Crippen molar-refractivity contribution < 1.29 is 14.3 Å². The second-order valence-corrected chi connectivity index (χ2v) is 8.42. The maximum atomic E-state index is 13.1. The maximum absolute atomic E-state index is 13.1. The van der Waals surface area contributed by atoms with Gasteiger partial charge in [0.05, 0.1) is 18.1 Å². The first-order chi connectivity index (χ1) is 12.8. The fourth-order valence-corrected chi connectivity index (χ4v) is 4.32. The molecule has 1 aromatic carbocycles. The van der Waals surface area contributed by atoms with Crippen LogP contribution >= 0.6 is 0 Å². The van der Waals surface area contributed by atoms with Crippen molar-refractivity contribution in [1.29, 1.82) is 0 Å². The van der Waals surface area contributed by atoms with E-state index in [1.807, 2.05) is 60.9 Å². The lowest BCUT2D eigenvalue weighted by Crippen LogP contribution is -2.48. The van der Waals surface area contributed by atoms with Crippen molar-refractivity contribution in [1.82, 2.24) is 9.80 Å². The molecule has 0 aliphatic carbocycles. The van der Waals surface area contributed by atoms with Crippen LogP contribution in [-0.4, -0.2) is 46.0 Å². The summed E-state index contributed by atoms with van der Waals surface area (Å²) in [5.74, 6) is -0.0512. The zero-order valence-corrected chi connectivity index (χ0v) is 16.6. The van der Waals surface area contributed by atoms with Crippen molar-refractivity contribution in [2.75, 3.05) is 6.54 Å². The third-order valence-corrected chi connectivity index (χ3v) is 5.40. The Labute approximate surface area is 162 Å². The number of carbonyl (C=O) groups is 2. The highest BCUT2D eigenvalue weighted by molar-refractivity contribution is 5.87. The van der Waals surface area contributed by atoms with Gasteiger partial charge in [0.2, 0.25) is 5.91 Å². The van der Waals surface area contributed by atoms with Crippen LogP contribution in [-0.2, 0) is 9.53 Å². The first-order valence-corrected chi connectivity index (χ1v) is 9.81. The van der Waals surface area contributed by atoms with Gasteiger partial charge in [0.15, 0.2) is 0 Å². The number of hydrogen-bond donors (Lipinski definition) is 0. The van der Waals surface area contributed by atoms with Crippen LogP contribution in [0.5, 0.6) is 0 Å². The van der Waals surface area contributed by atoms with Crippen LogP contribution in [0, 0.1) is 0 Å². The normalized spacial score (nSPS) is 25.5. The minimum absolute atomic E-state index is 0.00396. The molecule has 0 aromatic heterocycles. The first kappa shape index (κ1) is 19.5. The van der Waals surface area contributed by atoms with E-state index in [0.29, 0.717) is 0 Å². The molecule has 146 valence electrons. The zero-order valence-electron chi connectivity index (χ0n) is 16.6. The lowest BCUT2D eigenvalue weighted by molar-refractivity contribution is -0.128. The van der Waals surface area contributed by atoms with Gasteiger partial charge in [-0.05, 0) is 58.1 Å². The predicted molar refractivity (Wildman–Crippen MR) is 105 cm³/mol. The summed E-state index contributed by atoms with van der Waals surface area (Å²) in [4.78, 5) is 29.4. The van der Waals surface area contributed by atoms with Crippen molar-refractivity contribution in [2.45, 2.75) is 70.2 Å². The quantitative estimate of drug-likeness (QED) is 0.729. The molecule has 0 N–H and O–H groups in total. The molecule has 0 spiro atoms.